The van der Waals surface area contributed by atoms with Crippen LogP contribution in [-0.2, 0) is 4.79 Å². The van der Waals surface area contributed by atoms with Crippen molar-refractivity contribution < 1.29 is 4.79 Å². The molecule has 1 amide bonds. The van der Waals surface area contributed by atoms with E-state index in [9.17, 15) is 4.79 Å². The maximum atomic E-state index is 11.1. The molecule has 1 heterocycles. The van der Waals surface area contributed by atoms with Gasteiger partial charge in [-0.3, -0.25) is 4.79 Å². The lowest BCUT2D eigenvalue weighted by Gasteiger charge is -2.27. The van der Waals surface area contributed by atoms with E-state index in [1.54, 1.807) is 0 Å². The van der Waals surface area contributed by atoms with Crippen LogP contribution < -0.4 is 5.73 Å². The van der Waals surface area contributed by atoms with Crippen molar-refractivity contribution in [2.45, 2.75) is 38.1 Å². The average molecular weight is 260 g/mol. The van der Waals surface area contributed by atoms with Crippen molar-refractivity contribution in [3.05, 3.63) is 35.9 Å². The summed E-state index contributed by atoms with van der Waals surface area (Å²) in [5, 5.41) is 0. The third-order valence-corrected chi connectivity index (χ3v) is 4.32. The number of hydrogen-bond donors (Lipinski definition) is 1. The summed E-state index contributed by atoms with van der Waals surface area (Å²) in [6.45, 7) is 5.81. The standard InChI is InChI=1S/C16H24N2O/c1-16(2)9-13(11-18(16)12-19)8-15(10-17)14-6-4-3-5-7-14/h3-7,12-13,15H,8-11,17H2,1-2H3. The lowest BCUT2D eigenvalue weighted by Crippen LogP contribution is -2.36. The number of likely N-dealkylation sites (tertiary alicyclic amines) is 1. The van der Waals surface area contributed by atoms with Gasteiger partial charge in [0.05, 0.1) is 0 Å². The Balaban J connectivity index is 2.03. The molecule has 1 fully saturated rings. The molecule has 2 atom stereocenters. The van der Waals surface area contributed by atoms with Crippen LogP contribution in [-0.4, -0.2) is 29.9 Å². The topological polar surface area (TPSA) is 46.3 Å². The zero-order valence-electron chi connectivity index (χ0n) is 11.9. The van der Waals surface area contributed by atoms with E-state index in [1.165, 1.54) is 5.56 Å². The molecule has 0 aromatic heterocycles. The number of carbonyl (C=O) groups excluding carboxylic acids is 1. The summed E-state index contributed by atoms with van der Waals surface area (Å²) in [6, 6.07) is 10.5. The lowest BCUT2D eigenvalue weighted by atomic mass is 9.85. The Morgan fingerprint density at radius 2 is 2.11 bits per heavy atom. The molecule has 0 spiro atoms. The molecule has 3 nitrogen and oxygen atoms in total. The SMILES string of the molecule is CC1(C)CC(CC(CN)c2ccccc2)CN1C=O. The number of nitrogens with two attached hydrogens (primary N) is 1. The average Bonchev–Trinajstić information content (AvgIpc) is 2.71. The first kappa shape index (κ1) is 14.1. The highest BCUT2D eigenvalue weighted by atomic mass is 16.1. The van der Waals surface area contributed by atoms with Crippen LogP contribution >= 0.6 is 0 Å². The molecule has 0 aliphatic carbocycles. The van der Waals surface area contributed by atoms with Crippen molar-refractivity contribution in [3.8, 4) is 0 Å². The highest BCUT2D eigenvalue weighted by Gasteiger charge is 2.38. The monoisotopic (exact) mass is 260 g/mol. The summed E-state index contributed by atoms with van der Waals surface area (Å²) >= 11 is 0. The predicted molar refractivity (Wildman–Crippen MR) is 77.8 cm³/mol. The molecule has 1 saturated heterocycles. The van der Waals surface area contributed by atoms with Gasteiger partial charge in [0.15, 0.2) is 0 Å². The van der Waals surface area contributed by atoms with Crippen molar-refractivity contribution in [1.82, 2.24) is 4.90 Å². The van der Waals surface area contributed by atoms with E-state index < -0.39 is 0 Å². The first-order valence-electron chi connectivity index (χ1n) is 7.04. The summed E-state index contributed by atoms with van der Waals surface area (Å²) < 4.78 is 0. The zero-order chi connectivity index (χ0) is 13.9. The van der Waals surface area contributed by atoms with Gasteiger partial charge >= 0.3 is 0 Å². The van der Waals surface area contributed by atoms with Crippen LogP contribution in [0, 0.1) is 5.92 Å². The summed E-state index contributed by atoms with van der Waals surface area (Å²) in [5.41, 5.74) is 7.24. The number of amides is 1. The quantitative estimate of drug-likeness (QED) is 0.826. The molecule has 0 saturated carbocycles. The third-order valence-electron chi connectivity index (χ3n) is 4.32. The van der Waals surface area contributed by atoms with E-state index in [0.29, 0.717) is 18.4 Å². The smallest absolute Gasteiger partial charge is 0.210 e. The molecule has 1 aliphatic rings. The van der Waals surface area contributed by atoms with Gasteiger partial charge in [-0.25, -0.2) is 0 Å². The highest BCUT2D eigenvalue weighted by molar-refractivity contribution is 5.49. The van der Waals surface area contributed by atoms with Gasteiger partial charge in [-0.1, -0.05) is 30.3 Å². The molecule has 0 bridgehead atoms. The van der Waals surface area contributed by atoms with Crippen LogP contribution in [0.1, 0.15) is 38.2 Å². The maximum absolute atomic E-state index is 11.1. The lowest BCUT2D eigenvalue weighted by molar-refractivity contribution is -0.120. The fourth-order valence-electron chi connectivity index (χ4n) is 3.25. The van der Waals surface area contributed by atoms with Gasteiger partial charge in [0.1, 0.15) is 0 Å². The molecule has 2 N–H and O–H groups in total. The van der Waals surface area contributed by atoms with Crippen molar-refractivity contribution in [2.24, 2.45) is 11.7 Å². The van der Waals surface area contributed by atoms with E-state index in [4.69, 9.17) is 5.73 Å². The molecule has 104 valence electrons. The zero-order valence-corrected chi connectivity index (χ0v) is 11.9. The van der Waals surface area contributed by atoms with Crippen molar-refractivity contribution in [3.63, 3.8) is 0 Å². The normalized spacial score (nSPS) is 23.3. The molecule has 3 heteroatoms. The number of hydrogen-bond acceptors (Lipinski definition) is 2. The Hall–Kier alpha value is -1.35. The van der Waals surface area contributed by atoms with Crippen molar-refractivity contribution in [1.29, 1.82) is 0 Å². The fourth-order valence-corrected chi connectivity index (χ4v) is 3.25. The summed E-state index contributed by atoms with van der Waals surface area (Å²) in [7, 11) is 0. The molecule has 2 unspecified atom stereocenters. The molecule has 0 radical (unpaired) electrons. The Morgan fingerprint density at radius 1 is 1.42 bits per heavy atom. The first-order valence-corrected chi connectivity index (χ1v) is 7.04. The minimum atomic E-state index is -0.0117. The van der Waals surface area contributed by atoms with E-state index in [0.717, 1.165) is 25.8 Å². The van der Waals surface area contributed by atoms with Gasteiger partial charge in [0.2, 0.25) is 6.41 Å². The molecule has 2 rings (SSSR count). The summed E-state index contributed by atoms with van der Waals surface area (Å²) in [6.07, 6.45) is 3.11. The molecular formula is C16H24N2O. The van der Waals surface area contributed by atoms with E-state index >= 15 is 0 Å². The predicted octanol–water partition coefficient (Wildman–Crippen LogP) is 2.38. The Bertz CT molecular complexity index is 416. The molecule has 1 aromatic carbocycles. The van der Waals surface area contributed by atoms with Crippen LogP contribution in [0.15, 0.2) is 30.3 Å². The Morgan fingerprint density at radius 3 is 2.63 bits per heavy atom. The van der Waals surface area contributed by atoms with Crippen LogP contribution in [0.5, 0.6) is 0 Å². The second kappa shape index (κ2) is 5.74. The number of carbonyl (C=O) groups is 1. The van der Waals surface area contributed by atoms with Crippen LogP contribution in [0.2, 0.25) is 0 Å². The minimum absolute atomic E-state index is 0.0117. The van der Waals surface area contributed by atoms with Crippen molar-refractivity contribution in [2.75, 3.05) is 13.1 Å². The minimum Gasteiger partial charge on any atom is -0.340 e. The van der Waals surface area contributed by atoms with Gasteiger partial charge in [-0.2, -0.15) is 0 Å². The van der Waals surface area contributed by atoms with E-state index in [-0.39, 0.29) is 5.54 Å². The molecule has 19 heavy (non-hydrogen) atoms. The van der Waals surface area contributed by atoms with Crippen LogP contribution in [0.3, 0.4) is 0 Å². The Labute approximate surface area is 115 Å². The number of benzene rings is 1. The largest absolute Gasteiger partial charge is 0.340 e. The van der Waals surface area contributed by atoms with Gasteiger partial charge in [-0.05, 0) is 50.6 Å². The second-order valence-corrected chi connectivity index (χ2v) is 6.22. The van der Waals surface area contributed by atoms with E-state index in [2.05, 4.69) is 38.1 Å². The van der Waals surface area contributed by atoms with Gasteiger partial charge in [0, 0.05) is 12.1 Å². The molecular weight excluding hydrogens is 236 g/mol. The third kappa shape index (κ3) is 3.16. The fraction of sp³-hybridized carbons (Fsp3) is 0.562. The Kier molecular flexibility index (Phi) is 4.25. The van der Waals surface area contributed by atoms with Crippen molar-refractivity contribution >= 4 is 6.41 Å². The maximum Gasteiger partial charge on any atom is 0.210 e. The van der Waals surface area contributed by atoms with Crippen LogP contribution in [0.25, 0.3) is 0 Å². The number of nitrogens with zero attached hydrogens (tertiary/aromatic N) is 1. The van der Waals surface area contributed by atoms with E-state index in [1.807, 2.05) is 11.0 Å². The first-order chi connectivity index (χ1) is 9.06. The molecule has 1 aliphatic heterocycles. The highest BCUT2D eigenvalue weighted by Crippen LogP contribution is 2.36. The van der Waals surface area contributed by atoms with Crippen LogP contribution in [0.4, 0.5) is 0 Å². The molecule has 1 aromatic rings. The summed E-state index contributed by atoms with van der Waals surface area (Å²) in [4.78, 5) is 13.0. The number of rotatable bonds is 5. The second-order valence-electron chi connectivity index (χ2n) is 6.22. The van der Waals surface area contributed by atoms with Gasteiger partial charge in [-0.15, -0.1) is 0 Å². The van der Waals surface area contributed by atoms with Gasteiger partial charge < -0.3 is 10.6 Å². The summed E-state index contributed by atoms with van der Waals surface area (Å²) in [5.74, 6) is 0.947. The van der Waals surface area contributed by atoms with Gasteiger partial charge in [0.25, 0.3) is 0 Å².